The van der Waals surface area contributed by atoms with E-state index in [1.807, 2.05) is 0 Å². The molecule has 3 aliphatic rings. The van der Waals surface area contributed by atoms with Crippen molar-refractivity contribution in [1.82, 2.24) is 0 Å². The summed E-state index contributed by atoms with van der Waals surface area (Å²) in [5.74, 6) is -5.31. The van der Waals surface area contributed by atoms with Crippen molar-refractivity contribution in [3.63, 3.8) is 0 Å². The van der Waals surface area contributed by atoms with Crippen LogP contribution in [0.1, 0.15) is 27.7 Å². The highest BCUT2D eigenvalue weighted by Crippen LogP contribution is 2.40. The van der Waals surface area contributed by atoms with Crippen LogP contribution in [0.25, 0.3) is 0 Å². The smallest absolute Gasteiger partial charge is 0.337 e. The van der Waals surface area contributed by atoms with Gasteiger partial charge in [-0.15, -0.1) is 6.58 Å². The molecule has 3 heterocycles. The maximum absolute atomic E-state index is 12.5. The molecule has 15 heteroatoms. The van der Waals surface area contributed by atoms with Crippen molar-refractivity contribution in [1.29, 1.82) is 0 Å². The Morgan fingerprint density at radius 3 is 2.00 bits per heavy atom. The summed E-state index contributed by atoms with van der Waals surface area (Å²) in [4.78, 5) is 60.2. The number of ether oxygens (including phenoxy) is 10. The lowest BCUT2D eigenvalue weighted by Gasteiger charge is -2.46. The summed E-state index contributed by atoms with van der Waals surface area (Å²) < 4.78 is 55.4. The molecule has 0 N–H and O–H groups in total. The molecule has 0 aromatic carbocycles. The molecule has 228 valence electrons. The second kappa shape index (κ2) is 14.4. The van der Waals surface area contributed by atoms with Crippen LogP contribution in [0.4, 0.5) is 0 Å². The van der Waals surface area contributed by atoms with Gasteiger partial charge in [-0.3, -0.25) is 19.2 Å². The van der Waals surface area contributed by atoms with E-state index in [0.717, 1.165) is 34.0 Å². The summed E-state index contributed by atoms with van der Waals surface area (Å²) in [5.41, 5.74) is 0.102. The summed E-state index contributed by atoms with van der Waals surface area (Å²) in [5, 5.41) is 0. The van der Waals surface area contributed by atoms with Gasteiger partial charge in [-0.05, 0) is 0 Å². The van der Waals surface area contributed by atoms with Crippen LogP contribution < -0.4 is 0 Å². The zero-order valence-corrected chi connectivity index (χ0v) is 23.3. The van der Waals surface area contributed by atoms with Crippen LogP contribution in [-0.2, 0) is 71.3 Å². The second-order valence-corrected chi connectivity index (χ2v) is 9.22. The largest absolute Gasteiger partial charge is 0.471 e. The number of carbonyl (C=O) groups is 5. The van der Waals surface area contributed by atoms with Crippen LogP contribution >= 0.6 is 0 Å². The van der Waals surface area contributed by atoms with E-state index in [1.54, 1.807) is 0 Å². The van der Waals surface area contributed by atoms with Crippen LogP contribution in [0.3, 0.4) is 0 Å². The van der Waals surface area contributed by atoms with Crippen molar-refractivity contribution < 1.29 is 71.3 Å². The van der Waals surface area contributed by atoms with Crippen LogP contribution in [0.5, 0.6) is 0 Å². The predicted octanol–water partition coefficient (Wildman–Crippen LogP) is 0.291. The summed E-state index contributed by atoms with van der Waals surface area (Å²) >= 11 is 0. The van der Waals surface area contributed by atoms with Gasteiger partial charge < -0.3 is 47.4 Å². The quantitative estimate of drug-likeness (QED) is 0.194. The molecule has 0 aliphatic carbocycles. The Bertz CT molecular complexity index is 1030. The van der Waals surface area contributed by atoms with E-state index in [1.165, 1.54) is 13.2 Å². The van der Waals surface area contributed by atoms with Crippen molar-refractivity contribution in [2.24, 2.45) is 11.8 Å². The molecule has 0 unspecified atom stereocenters. The fourth-order valence-corrected chi connectivity index (χ4v) is 4.71. The predicted molar refractivity (Wildman–Crippen MR) is 131 cm³/mol. The van der Waals surface area contributed by atoms with Gasteiger partial charge in [0.2, 0.25) is 12.6 Å². The molecule has 0 amide bonds. The van der Waals surface area contributed by atoms with Gasteiger partial charge in [0.1, 0.15) is 12.7 Å². The number of hydrogen-bond donors (Lipinski definition) is 0. The molecule has 0 saturated carbocycles. The van der Waals surface area contributed by atoms with Crippen LogP contribution in [0.2, 0.25) is 0 Å². The van der Waals surface area contributed by atoms with Gasteiger partial charge in [0.05, 0.1) is 44.0 Å². The highest BCUT2D eigenvalue weighted by molar-refractivity contribution is 5.89. The summed E-state index contributed by atoms with van der Waals surface area (Å²) in [6.07, 6.45) is -6.54. The Balaban J connectivity index is 2.00. The summed E-state index contributed by atoms with van der Waals surface area (Å²) in [7, 11) is 1.21. The lowest BCUT2D eigenvalue weighted by Crippen LogP contribution is -2.63. The van der Waals surface area contributed by atoms with E-state index in [0.29, 0.717) is 0 Å². The molecule has 0 spiro atoms. The molecule has 0 aromatic rings. The van der Waals surface area contributed by atoms with E-state index in [2.05, 4.69) is 6.58 Å². The Labute approximate surface area is 235 Å². The Morgan fingerprint density at radius 1 is 0.878 bits per heavy atom. The Kier molecular flexibility index (Phi) is 11.2. The minimum atomic E-state index is -1.53. The molecule has 3 aliphatic heterocycles. The molecular formula is C26H34O15. The van der Waals surface area contributed by atoms with Gasteiger partial charge in [-0.25, -0.2) is 4.79 Å². The summed E-state index contributed by atoms with van der Waals surface area (Å²) in [6, 6.07) is 0. The third-order valence-corrected chi connectivity index (χ3v) is 6.27. The van der Waals surface area contributed by atoms with Gasteiger partial charge in [-0.1, -0.05) is 6.08 Å². The first-order valence-corrected chi connectivity index (χ1v) is 12.7. The van der Waals surface area contributed by atoms with Gasteiger partial charge in [0, 0.05) is 27.7 Å². The Morgan fingerprint density at radius 2 is 1.46 bits per heavy atom. The van der Waals surface area contributed by atoms with Crippen LogP contribution in [0.15, 0.2) is 24.5 Å². The highest BCUT2D eigenvalue weighted by Gasteiger charge is 2.55. The monoisotopic (exact) mass is 586 g/mol. The van der Waals surface area contributed by atoms with Crippen molar-refractivity contribution in [3.05, 3.63) is 24.5 Å². The first kappa shape index (κ1) is 32.0. The molecule has 8 atom stereocenters. The van der Waals surface area contributed by atoms with Crippen LogP contribution in [-0.4, -0.2) is 100 Å². The highest BCUT2D eigenvalue weighted by atomic mass is 16.8. The second-order valence-electron chi connectivity index (χ2n) is 9.22. The van der Waals surface area contributed by atoms with Crippen molar-refractivity contribution in [3.8, 4) is 0 Å². The standard InChI is InChI=1S/C26H34O15/c1-7-16-19(25-33-8-9-34-25)17(23(31)32-6)10-36-24(16)41-26-22(39-15(5)30)21(38-14(4)29)20(37-13(3)28)18(40-26)11-35-12(2)27/h7,10,16,18-22,24-26H,1,8-9,11H2,2-6H3/t16-,18+,19+,20-,21+,22-,24-,26+/m0/s1. The number of hydrogen-bond acceptors (Lipinski definition) is 15. The normalized spacial score (nSPS) is 31.6. The van der Waals surface area contributed by atoms with Gasteiger partial charge >= 0.3 is 29.8 Å². The molecular weight excluding hydrogens is 552 g/mol. The SMILES string of the molecule is C=C[C@@H]1[C@H](O[C@H]2O[C@H](COC(C)=O)[C@H](OC(C)=O)[C@@H](OC(C)=O)[C@@H]2OC(C)=O)OC=C(C(=O)OC)[C@@H]1C1OCCO1. The fourth-order valence-electron chi connectivity index (χ4n) is 4.71. The third kappa shape index (κ3) is 8.03. The van der Waals surface area contributed by atoms with E-state index in [-0.39, 0.29) is 18.8 Å². The van der Waals surface area contributed by atoms with Gasteiger partial charge in [0.15, 0.2) is 24.6 Å². The molecule has 2 saturated heterocycles. The number of carbonyl (C=O) groups excluding carboxylic acids is 5. The summed E-state index contributed by atoms with van der Waals surface area (Å²) in [6.45, 7) is 8.44. The molecule has 15 nitrogen and oxygen atoms in total. The fraction of sp³-hybridized carbons (Fsp3) is 0.654. The minimum Gasteiger partial charge on any atom is -0.471 e. The van der Waals surface area contributed by atoms with Crippen molar-refractivity contribution in [2.75, 3.05) is 26.9 Å². The Hall–Kier alpha value is -3.53. The minimum absolute atomic E-state index is 0.102. The number of rotatable bonds is 10. The molecule has 0 aromatic heterocycles. The van der Waals surface area contributed by atoms with Gasteiger partial charge in [-0.2, -0.15) is 0 Å². The zero-order valence-electron chi connectivity index (χ0n) is 23.3. The average Bonchev–Trinajstić information content (AvgIpc) is 3.44. The topological polar surface area (TPSA) is 178 Å². The van der Waals surface area contributed by atoms with E-state index >= 15 is 0 Å². The maximum atomic E-state index is 12.5. The third-order valence-electron chi connectivity index (χ3n) is 6.27. The van der Waals surface area contributed by atoms with Crippen molar-refractivity contribution in [2.45, 2.75) is 71.0 Å². The van der Waals surface area contributed by atoms with Gasteiger partial charge in [0.25, 0.3) is 0 Å². The first-order valence-electron chi connectivity index (χ1n) is 12.7. The van der Waals surface area contributed by atoms with Crippen molar-refractivity contribution >= 4 is 29.8 Å². The molecule has 0 radical (unpaired) electrons. The van der Waals surface area contributed by atoms with E-state index in [4.69, 9.17) is 47.4 Å². The average molecular weight is 587 g/mol. The number of esters is 5. The molecule has 2 fully saturated rings. The number of methoxy groups -OCH3 is 1. The molecule has 41 heavy (non-hydrogen) atoms. The molecule has 3 rings (SSSR count). The first-order chi connectivity index (χ1) is 19.5. The zero-order chi connectivity index (χ0) is 30.3. The lowest BCUT2D eigenvalue weighted by molar-refractivity contribution is -0.343. The van der Waals surface area contributed by atoms with Crippen LogP contribution in [0, 0.1) is 11.8 Å². The maximum Gasteiger partial charge on any atom is 0.337 e. The van der Waals surface area contributed by atoms with E-state index in [9.17, 15) is 24.0 Å². The van der Waals surface area contributed by atoms with E-state index < -0.39 is 91.6 Å². The lowest BCUT2D eigenvalue weighted by atomic mass is 9.83. The molecule has 0 bridgehead atoms.